The minimum atomic E-state index is -0.864. The number of carbonyl (C=O) groups is 1. The zero-order valence-corrected chi connectivity index (χ0v) is 14.4. The molecule has 1 unspecified atom stereocenters. The van der Waals surface area contributed by atoms with Gasteiger partial charge in [0.15, 0.2) is 11.5 Å². The molecule has 2 aromatic rings. The number of aromatic nitrogens is 1. The van der Waals surface area contributed by atoms with Gasteiger partial charge in [-0.05, 0) is 41.5 Å². The van der Waals surface area contributed by atoms with Gasteiger partial charge in [-0.3, -0.25) is 14.7 Å². The van der Waals surface area contributed by atoms with E-state index >= 15 is 0 Å². The summed E-state index contributed by atoms with van der Waals surface area (Å²) in [4.78, 5) is 23.4. The molecule has 2 N–H and O–H groups in total. The van der Waals surface area contributed by atoms with Crippen LogP contribution in [0.15, 0.2) is 47.7 Å². The van der Waals surface area contributed by atoms with Gasteiger partial charge in [0.1, 0.15) is 7.28 Å². The van der Waals surface area contributed by atoms with Crippen LogP contribution in [0.3, 0.4) is 0 Å². The van der Waals surface area contributed by atoms with Crippen LogP contribution >= 0.6 is 0 Å². The molecular formula is C19H20BN4O. The first-order valence-electron chi connectivity index (χ1n) is 8.55. The van der Waals surface area contributed by atoms with Crippen LogP contribution in [0.2, 0.25) is 6.82 Å². The molecule has 4 rings (SSSR count). The Labute approximate surface area is 148 Å². The number of amides is 1. The second-order valence-electron chi connectivity index (χ2n) is 6.75. The molecule has 1 radical (unpaired) electrons. The van der Waals surface area contributed by atoms with E-state index in [1.54, 1.807) is 7.05 Å². The lowest BCUT2D eigenvalue weighted by atomic mass is 9.73. The van der Waals surface area contributed by atoms with Crippen molar-refractivity contribution in [2.24, 2.45) is 16.6 Å². The fourth-order valence-corrected chi connectivity index (χ4v) is 3.56. The van der Waals surface area contributed by atoms with E-state index in [1.165, 1.54) is 4.90 Å². The van der Waals surface area contributed by atoms with Crippen LogP contribution in [0.4, 0.5) is 0 Å². The summed E-state index contributed by atoms with van der Waals surface area (Å²) < 4.78 is 0. The number of pyridine rings is 1. The maximum absolute atomic E-state index is 13.0. The van der Waals surface area contributed by atoms with Crippen LogP contribution < -0.4 is 11.2 Å². The molecule has 1 amide bonds. The third kappa shape index (κ3) is 2.44. The quantitative estimate of drug-likeness (QED) is 0.864. The number of likely N-dealkylation sites (N-methyl/N-ethyl adjacent to an activating group) is 1. The number of nitrogens with two attached hydrogens (primary N) is 1. The summed E-state index contributed by atoms with van der Waals surface area (Å²) in [6.45, 7) is 1.99. The van der Waals surface area contributed by atoms with Gasteiger partial charge in [0, 0.05) is 19.4 Å². The van der Waals surface area contributed by atoms with E-state index in [9.17, 15) is 4.79 Å². The fraction of sp³-hybridized carbons (Fsp3) is 0.316. The maximum Gasteiger partial charge on any atom is 0.261 e. The largest absolute Gasteiger partial charge is 0.369 e. The Balaban J connectivity index is 1.82. The van der Waals surface area contributed by atoms with Crippen LogP contribution in [0.1, 0.15) is 18.4 Å². The highest BCUT2D eigenvalue weighted by atomic mass is 16.2. The molecule has 0 bridgehead atoms. The summed E-state index contributed by atoms with van der Waals surface area (Å²) in [6.07, 6.45) is 5.68. The number of benzene rings is 1. The third-order valence-corrected chi connectivity index (χ3v) is 5.16. The number of guanidine groups is 1. The Morgan fingerprint density at radius 3 is 2.68 bits per heavy atom. The second-order valence-corrected chi connectivity index (χ2v) is 6.75. The van der Waals surface area contributed by atoms with E-state index in [0.717, 1.165) is 35.0 Å². The molecule has 1 aliphatic carbocycles. The smallest absolute Gasteiger partial charge is 0.261 e. The van der Waals surface area contributed by atoms with Crippen molar-refractivity contribution in [1.29, 1.82) is 0 Å². The average Bonchev–Trinajstić information content (AvgIpc) is 3.47. The van der Waals surface area contributed by atoms with Crippen molar-refractivity contribution in [3.05, 3.63) is 48.3 Å². The minimum Gasteiger partial charge on any atom is -0.369 e. The highest BCUT2D eigenvalue weighted by molar-refractivity contribution is 6.51. The van der Waals surface area contributed by atoms with Gasteiger partial charge in [0.25, 0.3) is 5.91 Å². The molecule has 5 nitrogen and oxygen atoms in total. The number of hydrogen-bond acceptors (Lipinski definition) is 4. The van der Waals surface area contributed by atoms with E-state index in [4.69, 9.17) is 5.73 Å². The molecule has 0 saturated heterocycles. The highest BCUT2D eigenvalue weighted by Crippen LogP contribution is 2.51. The second kappa shape index (κ2) is 5.72. The summed E-state index contributed by atoms with van der Waals surface area (Å²) in [6, 6.07) is 10.2. The Morgan fingerprint density at radius 2 is 2.04 bits per heavy atom. The van der Waals surface area contributed by atoms with Crippen LogP contribution in [0, 0.1) is 5.92 Å². The van der Waals surface area contributed by atoms with Crippen LogP contribution in [0.5, 0.6) is 0 Å². The van der Waals surface area contributed by atoms with Crippen molar-refractivity contribution in [3.63, 3.8) is 0 Å². The Hall–Kier alpha value is -2.63. The molecule has 1 aromatic heterocycles. The highest BCUT2D eigenvalue weighted by Gasteiger charge is 2.57. The summed E-state index contributed by atoms with van der Waals surface area (Å²) in [5, 5.41) is 0. The zero-order chi connectivity index (χ0) is 17.6. The standard InChI is InChI=1S/C19H20BN4O/c1-20-16-9-13(10-22-11-16)12-4-3-5-15(8-12)19(14-6-7-14)17(25)24(2)18(21)23-19/h3-5,8-11,14H,6-7H2,1-2H3,(H2,21,23). The van der Waals surface area contributed by atoms with E-state index in [0.29, 0.717) is 5.96 Å². The monoisotopic (exact) mass is 331 g/mol. The molecule has 1 fully saturated rings. The normalized spacial score (nSPS) is 22.9. The van der Waals surface area contributed by atoms with Crippen molar-refractivity contribution in [2.45, 2.75) is 25.2 Å². The number of hydrogen-bond donors (Lipinski definition) is 1. The van der Waals surface area contributed by atoms with E-state index < -0.39 is 5.54 Å². The van der Waals surface area contributed by atoms with Crippen LogP contribution in [-0.4, -0.2) is 36.1 Å². The van der Waals surface area contributed by atoms with E-state index in [1.807, 2.05) is 44.7 Å². The molecular weight excluding hydrogens is 311 g/mol. The topological polar surface area (TPSA) is 71.6 Å². The van der Waals surface area contributed by atoms with E-state index in [2.05, 4.69) is 22.1 Å². The van der Waals surface area contributed by atoms with Gasteiger partial charge in [0.2, 0.25) is 0 Å². The van der Waals surface area contributed by atoms with Gasteiger partial charge >= 0.3 is 0 Å². The van der Waals surface area contributed by atoms with Gasteiger partial charge in [-0.2, -0.15) is 0 Å². The van der Waals surface area contributed by atoms with Crippen molar-refractivity contribution in [3.8, 4) is 11.1 Å². The van der Waals surface area contributed by atoms with Gasteiger partial charge in [-0.1, -0.05) is 36.6 Å². The lowest BCUT2D eigenvalue weighted by Crippen LogP contribution is -2.41. The molecule has 1 saturated carbocycles. The minimum absolute atomic E-state index is 0.0292. The molecule has 1 aromatic carbocycles. The summed E-state index contributed by atoms with van der Waals surface area (Å²) in [5.41, 5.74) is 9.15. The van der Waals surface area contributed by atoms with Crippen LogP contribution in [-0.2, 0) is 10.3 Å². The molecule has 2 heterocycles. The molecule has 2 aliphatic rings. The SMILES string of the molecule is C[B]c1cncc(-c2cccc(C3(C4CC4)N=C(N)N(C)C3=O)c2)c1. The van der Waals surface area contributed by atoms with Crippen LogP contribution in [0.25, 0.3) is 11.1 Å². The van der Waals surface area contributed by atoms with E-state index in [-0.39, 0.29) is 11.8 Å². The lowest BCUT2D eigenvalue weighted by Gasteiger charge is -2.25. The first kappa shape index (κ1) is 15.9. The van der Waals surface area contributed by atoms with Crippen molar-refractivity contribution in [1.82, 2.24) is 9.88 Å². The zero-order valence-electron chi connectivity index (χ0n) is 14.4. The summed E-state index contributed by atoms with van der Waals surface area (Å²) in [5.74, 6) is 0.497. The Kier molecular flexibility index (Phi) is 3.63. The van der Waals surface area contributed by atoms with Crippen molar-refractivity contribution >= 4 is 24.6 Å². The Morgan fingerprint density at radius 1 is 1.24 bits per heavy atom. The molecule has 6 heteroatoms. The first-order chi connectivity index (χ1) is 12.1. The Bertz CT molecular complexity index is 877. The molecule has 25 heavy (non-hydrogen) atoms. The number of aliphatic imine (C=N–C) groups is 1. The molecule has 0 spiro atoms. The average molecular weight is 331 g/mol. The first-order valence-corrected chi connectivity index (χ1v) is 8.55. The van der Waals surface area contributed by atoms with Gasteiger partial charge in [-0.15, -0.1) is 0 Å². The predicted octanol–water partition coefficient (Wildman–Crippen LogP) is 1.52. The number of rotatable bonds is 4. The van der Waals surface area contributed by atoms with Crippen molar-refractivity contribution in [2.75, 3.05) is 7.05 Å². The van der Waals surface area contributed by atoms with Gasteiger partial charge < -0.3 is 5.73 Å². The van der Waals surface area contributed by atoms with Gasteiger partial charge in [-0.25, -0.2) is 4.99 Å². The number of nitrogens with zero attached hydrogens (tertiary/aromatic N) is 3. The summed E-state index contributed by atoms with van der Waals surface area (Å²) >= 11 is 0. The number of carbonyl (C=O) groups excluding carboxylic acids is 1. The fourth-order valence-electron chi connectivity index (χ4n) is 3.56. The third-order valence-electron chi connectivity index (χ3n) is 5.16. The summed E-state index contributed by atoms with van der Waals surface area (Å²) in [7, 11) is 3.71. The lowest BCUT2D eigenvalue weighted by molar-refractivity contribution is -0.131. The van der Waals surface area contributed by atoms with Crippen molar-refractivity contribution < 1.29 is 4.79 Å². The molecule has 1 atom stereocenters. The van der Waals surface area contributed by atoms with Gasteiger partial charge in [0.05, 0.1) is 0 Å². The molecule has 125 valence electrons. The molecule has 1 aliphatic heterocycles. The predicted molar refractivity (Wildman–Crippen MR) is 99.7 cm³/mol. The maximum atomic E-state index is 13.0.